The van der Waals surface area contributed by atoms with E-state index in [1.807, 2.05) is 0 Å². The SMILES string of the molecule is N[C@H](CCC(=O)NCC(=O)O)C(=O)O.O=C(O)C(F)(F)F. The quantitative estimate of drug-likeness (QED) is 0.416. The summed E-state index contributed by atoms with van der Waals surface area (Å²) in [5.74, 6) is -5.62. The Morgan fingerprint density at radius 1 is 1.10 bits per heavy atom. The summed E-state index contributed by atoms with van der Waals surface area (Å²) in [7, 11) is 0. The molecular weight excluding hydrogens is 305 g/mol. The number of nitrogens with two attached hydrogens (primary N) is 1. The van der Waals surface area contributed by atoms with Crippen molar-refractivity contribution < 1.29 is 47.7 Å². The van der Waals surface area contributed by atoms with Crippen LogP contribution in [0.4, 0.5) is 13.2 Å². The van der Waals surface area contributed by atoms with E-state index in [4.69, 9.17) is 25.8 Å². The molecule has 0 aliphatic rings. The van der Waals surface area contributed by atoms with Crippen molar-refractivity contribution >= 4 is 23.8 Å². The third-order valence-corrected chi connectivity index (χ3v) is 1.68. The van der Waals surface area contributed by atoms with Crippen molar-refractivity contribution in [1.29, 1.82) is 0 Å². The fraction of sp³-hybridized carbons (Fsp3) is 0.556. The summed E-state index contributed by atoms with van der Waals surface area (Å²) in [4.78, 5) is 40.0. The second-order valence-electron chi connectivity index (χ2n) is 3.46. The van der Waals surface area contributed by atoms with Crippen molar-refractivity contribution in [3.05, 3.63) is 0 Å². The summed E-state index contributed by atoms with van der Waals surface area (Å²) in [6.07, 6.45) is -5.19. The van der Waals surface area contributed by atoms with Crippen LogP contribution in [0.1, 0.15) is 12.8 Å². The number of alkyl halides is 3. The number of carboxylic acid groups (broad SMARTS) is 3. The number of hydrogen-bond donors (Lipinski definition) is 5. The van der Waals surface area contributed by atoms with Crippen LogP contribution in [0.3, 0.4) is 0 Å². The summed E-state index contributed by atoms with van der Waals surface area (Å²) in [5, 5.41) is 25.8. The van der Waals surface area contributed by atoms with Gasteiger partial charge in [0.2, 0.25) is 5.91 Å². The standard InChI is InChI=1S/C7H12N2O5.C2HF3O2/c8-4(7(13)14)1-2-5(10)9-3-6(11)12;3-2(4,5)1(6)7/h4H,1-3,8H2,(H,9,10)(H,11,12)(H,13,14);(H,6,7)/t4-;/m1./s1. The Balaban J connectivity index is 0. The Labute approximate surface area is 115 Å². The highest BCUT2D eigenvalue weighted by atomic mass is 19.4. The molecule has 0 aliphatic carbocycles. The molecule has 0 heterocycles. The summed E-state index contributed by atoms with van der Waals surface area (Å²) >= 11 is 0. The van der Waals surface area contributed by atoms with E-state index in [0.717, 1.165) is 0 Å². The number of rotatable bonds is 6. The lowest BCUT2D eigenvalue weighted by molar-refractivity contribution is -0.192. The summed E-state index contributed by atoms with van der Waals surface area (Å²) < 4.78 is 31.7. The molecule has 122 valence electrons. The van der Waals surface area contributed by atoms with Crippen molar-refractivity contribution in [2.45, 2.75) is 25.1 Å². The van der Waals surface area contributed by atoms with E-state index in [1.54, 1.807) is 0 Å². The molecule has 0 bridgehead atoms. The van der Waals surface area contributed by atoms with E-state index < -0.39 is 42.6 Å². The van der Waals surface area contributed by atoms with Crippen molar-refractivity contribution in [2.24, 2.45) is 5.73 Å². The predicted molar refractivity (Wildman–Crippen MR) is 59.2 cm³/mol. The molecular formula is C9H13F3N2O7. The van der Waals surface area contributed by atoms with Crippen molar-refractivity contribution in [2.75, 3.05) is 6.54 Å². The van der Waals surface area contributed by atoms with Crippen LogP contribution in [-0.2, 0) is 19.2 Å². The molecule has 1 atom stereocenters. The van der Waals surface area contributed by atoms with E-state index in [1.165, 1.54) is 0 Å². The summed E-state index contributed by atoms with van der Waals surface area (Å²) in [6, 6.07) is -1.09. The molecule has 1 amide bonds. The minimum Gasteiger partial charge on any atom is -0.480 e. The molecule has 0 unspecified atom stereocenters. The van der Waals surface area contributed by atoms with Gasteiger partial charge in [-0.15, -0.1) is 0 Å². The van der Waals surface area contributed by atoms with Crippen LogP contribution in [0.15, 0.2) is 0 Å². The fourth-order valence-corrected chi connectivity index (χ4v) is 0.673. The van der Waals surface area contributed by atoms with Gasteiger partial charge in [-0.3, -0.25) is 14.4 Å². The van der Waals surface area contributed by atoms with Crippen molar-refractivity contribution in [1.82, 2.24) is 5.32 Å². The van der Waals surface area contributed by atoms with Gasteiger partial charge in [0, 0.05) is 6.42 Å². The van der Waals surface area contributed by atoms with Crippen LogP contribution in [0.25, 0.3) is 0 Å². The summed E-state index contributed by atoms with van der Waals surface area (Å²) in [5.41, 5.74) is 5.12. The van der Waals surface area contributed by atoms with Gasteiger partial charge in [-0.1, -0.05) is 0 Å². The Morgan fingerprint density at radius 2 is 1.52 bits per heavy atom. The molecule has 9 nitrogen and oxygen atoms in total. The molecule has 12 heteroatoms. The molecule has 0 fully saturated rings. The zero-order chi connectivity index (χ0) is 17.2. The maximum absolute atomic E-state index is 10.9. The minimum atomic E-state index is -5.08. The molecule has 0 saturated carbocycles. The van der Waals surface area contributed by atoms with E-state index in [9.17, 15) is 27.6 Å². The van der Waals surface area contributed by atoms with Gasteiger partial charge in [-0.25, -0.2) is 4.79 Å². The predicted octanol–water partition coefficient (Wildman–Crippen LogP) is -0.987. The van der Waals surface area contributed by atoms with Crippen LogP contribution in [0.2, 0.25) is 0 Å². The molecule has 0 aliphatic heterocycles. The zero-order valence-electron chi connectivity index (χ0n) is 10.4. The molecule has 0 rings (SSSR count). The van der Waals surface area contributed by atoms with Crippen LogP contribution in [0.5, 0.6) is 0 Å². The number of hydrogen-bond acceptors (Lipinski definition) is 5. The highest BCUT2D eigenvalue weighted by Gasteiger charge is 2.38. The van der Waals surface area contributed by atoms with Gasteiger partial charge in [0.25, 0.3) is 0 Å². The van der Waals surface area contributed by atoms with Crippen LogP contribution < -0.4 is 11.1 Å². The average Bonchev–Trinajstić information content (AvgIpc) is 2.32. The molecule has 0 aromatic rings. The van der Waals surface area contributed by atoms with Crippen LogP contribution in [0, 0.1) is 0 Å². The first kappa shape index (κ1) is 20.9. The van der Waals surface area contributed by atoms with Gasteiger partial charge < -0.3 is 26.4 Å². The first-order valence-corrected chi connectivity index (χ1v) is 5.15. The Kier molecular flexibility index (Phi) is 9.49. The van der Waals surface area contributed by atoms with Gasteiger partial charge in [0.1, 0.15) is 12.6 Å². The second kappa shape index (κ2) is 9.52. The van der Waals surface area contributed by atoms with Gasteiger partial charge in [-0.2, -0.15) is 13.2 Å². The lowest BCUT2D eigenvalue weighted by Crippen LogP contribution is -2.34. The third-order valence-electron chi connectivity index (χ3n) is 1.68. The van der Waals surface area contributed by atoms with Gasteiger partial charge in [0.15, 0.2) is 0 Å². The highest BCUT2D eigenvalue weighted by molar-refractivity contribution is 5.82. The smallest absolute Gasteiger partial charge is 0.480 e. The Morgan fingerprint density at radius 3 is 1.81 bits per heavy atom. The van der Waals surface area contributed by atoms with Crippen molar-refractivity contribution in [3.63, 3.8) is 0 Å². The van der Waals surface area contributed by atoms with E-state index in [2.05, 4.69) is 5.32 Å². The largest absolute Gasteiger partial charge is 0.490 e. The number of amides is 1. The topological polar surface area (TPSA) is 167 Å². The molecule has 6 N–H and O–H groups in total. The van der Waals surface area contributed by atoms with E-state index >= 15 is 0 Å². The number of nitrogens with one attached hydrogen (secondary N) is 1. The molecule has 0 saturated heterocycles. The van der Waals surface area contributed by atoms with Gasteiger partial charge in [-0.05, 0) is 6.42 Å². The summed E-state index contributed by atoms with van der Waals surface area (Å²) in [6.45, 7) is -0.471. The maximum Gasteiger partial charge on any atom is 0.490 e. The maximum atomic E-state index is 10.9. The number of aliphatic carboxylic acids is 3. The Hall–Kier alpha value is -2.37. The van der Waals surface area contributed by atoms with Gasteiger partial charge in [0.05, 0.1) is 0 Å². The Bertz CT molecular complexity index is 397. The number of halogens is 3. The first-order valence-electron chi connectivity index (χ1n) is 5.15. The number of carbonyl (C=O) groups excluding carboxylic acids is 1. The molecule has 0 aromatic carbocycles. The van der Waals surface area contributed by atoms with Crippen LogP contribution in [-0.4, -0.2) is 57.9 Å². The minimum absolute atomic E-state index is 0.0131. The van der Waals surface area contributed by atoms with Gasteiger partial charge >= 0.3 is 24.1 Å². The third kappa shape index (κ3) is 13.9. The number of carbonyl (C=O) groups is 4. The molecule has 0 radical (unpaired) electrons. The van der Waals surface area contributed by atoms with E-state index in [-0.39, 0.29) is 12.8 Å². The lowest BCUT2D eigenvalue weighted by atomic mass is 10.1. The molecule has 0 aromatic heterocycles. The monoisotopic (exact) mass is 318 g/mol. The first-order chi connectivity index (χ1) is 9.37. The zero-order valence-corrected chi connectivity index (χ0v) is 10.4. The second-order valence-corrected chi connectivity index (χ2v) is 3.46. The normalized spacial score (nSPS) is 11.6. The van der Waals surface area contributed by atoms with E-state index in [0.29, 0.717) is 0 Å². The van der Waals surface area contributed by atoms with Crippen LogP contribution >= 0.6 is 0 Å². The number of carboxylic acids is 3. The molecule has 0 spiro atoms. The molecule has 21 heavy (non-hydrogen) atoms. The highest BCUT2D eigenvalue weighted by Crippen LogP contribution is 2.13. The fourth-order valence-electron chi connectivity index (χ4n) is 0.673. The lowest BCUT2D eigenvalue weighted by Gasteiger charge is -2.05. The van der Waals surface area contributed by atoms with Crippen molar-refractivity contribution in [3.8, 4) is 0 Å². The average molecular weight is 318 g/mol.